The van der Waals surface area contributed by atoms with E-state index in [1.807, 2.05) is 55.5 Å². The van der Waals surface area contributed by atoms with Crippen molar-refractivity contribution in [3.63, 3.8) is 0 Å². The second-order valence-electron chi connectivity index (χ2n) is 7.32. The number of aromatic hydroxyl groups is 2. The molecule has 1 heterocycles. The van der Waals surface area contributed by atoms with Gasteiger partial charge in [0.15, 0.2) is 11.5 Å². The third-order valence-corrected chi connectivity index (χ3v) is 5.06. The van der Waals surface area contributed by atoms with Crippen LogP contribution in [0.1, 0.15) is 36.1 Å². The third-order valence-electron chi connectivity index (χ3n) is 5.06. The molecule has 4 rings (SSSR count). The van der Waals surface area contributed by atoms with Crippen LogP contribution in [0.15, 0.2) is 71.8 Å². The number of benzene rings is 3. The van der Waals surface area contributed by atoms with Gasteiger partial charge in [-0.2, -0.15) is 5.10 Å². The minimum atomic E-state index is -0.340. The first-order chi connectivity index (χ1) is 14.4. The predicted octanol–water partition coefficient (Wildman–Crippen LogP) is 4.90. The number of rotatable bonds is 4. The lowest BCUT2D eigenvalue weighted by atomic mass is 9.98. The van der Waals surface area contributed by atoms with Crippen LogP contribution in [0.3, 0.4) is 0 Å². The largest absolute Gasteiger partial charge is 0.504 e. The van der Waals surface area contributed by atoms with E-state index in [0.717, 1.165) is 17.0 Å². The molecule has 0 saturated carbocycles. The molecule has 0 saturated heterocycles. The number of amides is 1. The number of hydrogen-bond donors (Lipinski definition) is 2. The first-order valence-electron chi connectivity index (χ1n) is 9.65. The topological polar surface area (TPSA) is 82.4 Å². The van der Waals surface area contributed by atoms with Gasteiger partial charge in [-0.15, -0.1) is 0 Å². The van der Waals surface area contributed by atoms with Crippen molar-refractivity contribution < 1.29 is 19.7 Å². The molecule has 152 valence electrons. The Morgan fingerprint density at radius 1 is 0.967 bits per heavy atom. The number of phenols is 2. The van der Waals surface area contributed by atoms with Crippen LogP contribution in [0.4, 0.5) is 0 Å². The summed E-state index contributed by atoms with van der Waals surface area (Å²) < 4.78 is 5.87. The van der Waals surface area contributed by atoms with Crippen LogP contribution in [0.5, 0.6) is 23.0 Å². The Labute approximate surface area is 174 Å². The molecule has 3 aromatic rings. The van der Waals surface area contributed by atoms with Crippen LogP contribution in [0, 0.1) is 6.92 Å². The highest BCUT2D eigenvalue weighted by Crippen LogP contribution is 2.36. The van der Waals surface area contributed by atoms with Crippen LogP contribution < -0.4 is 4.74 Å². The van der Waals surface area contributed by atoms with Gasteiger partial charge in [0.25, 0.3) is 0 Å². The summed E-state index contributed by atoms with van der Waals surface area (Å²) in [7, 11) is 0. The lowest BCUT2D eigenvalue weighted by Crippen LogP contribution is -2.24. The summed E-state index contributed by atoms with van der Waals surface area (Å²) in [6.07, 6.45) is 0.502. The molecule has 0 aromatic heterocycles. The second-order valence-corrected chi connectivity index (χ2v) is 7.32. The molecule has 30 heavy (non-hydrogen) atoms. The fourth-order valence-corrected chi connectivity index (χ4v) is 3.44. The number of hydrazone groups is 1. The van der Waals surface area contributed by atoms with Crippen molar-refractivity contribution >= 4 is 11.6 Å². The zero-order valence-corrected chi connectivity index (χ0v) is 16.7. The van der Waals surface area contributed by atoms with Crippen LogP contribution in [-0.2, 0) is 4.79 Å². The maximum absolute atomic E-state index is 12.1. The van der Waals surface area contributed by atoms with Gasteiger partial charge in [-0.25, -0.2) is 5.01 Å². The first kappa shape index (κ1) is 19.5. The van der Waals surface area contributed by atoms with E-state index >= 15 is 0 Å². The number of hydrogen-bond acceptors (Lipinski definition) is 5. The summed E-state index contributed by atoms with van der Waals surface area (Å²) in [4.78, 5) is 12.1. The SMILES string of the molecule is CC(=O)N1N=C(c2ccc(Oc3ccc(C)cc3)cc2)CC1c1ccc(O)c(O)c1. The summed E-state index contributed by atoms with van der Waals surface area (Å²) in [5, 5.41) is 25.3. The molecule has 1 aliphatic rings. The molecule has 6 heteroatoms. The summed E-state index contributed by atoms with van der Waals surface area (Å²) in [5.41, 5.74) is 3.54. The maximum Gasteiger partial charge on any atom is 0.240 e. The monoisotopic (exact) mass is 402 g/mol. The molecule has 1 aliphatic heterocycles. The van der Waals surface area contributed by atoms with E-state index in [2.05, 4.69) is 5.10 Å². The summed E-state index contributed by atoms with van der Waals surface area (Å²) >= 11 is 0. The predicted molar refractivity (Wildman–Crippen MR) is 114 cm³/mol. The zero-order chi connectivity index (χ0) is 21.3. The van der Waals surface area contributed by atoms with Gasteiger partial charge in [-0.3, -0.25) is 4.79 Å². The second kappa shape index (κ2) is 7.91. The van der Waals surface area contributed by atoms with Crippen LogP contribution in [-0.4, -0.2) is 26.8 Å². The highest BCUT2D eigenvalue weighted by Gasteiger charge is 2.31. The molecular formula is C24H22N2O4. The average Bonchev–Trinajstić information content (AvgIpc) is 3.18. The Kier molecular flexibility index (Phi) is 5.14. The van der Waals surface area contributed by atoms with E-state index in [0.29, 0.717) is 17.7 Å². The van der Waals surface area contributed by atoms with Gasteiger partial charge in [0, 0.05) is 13.3 Å². The Bertz CT molecular complexity index is 1110. The average molecular weight is 402 g/mol. The molecule has 3 aromatic carbocycles. The Morgan fingerprint density at radius 3 is 2.20 bits per heavy atom. The van der Waals surface area contributed by atoms with Gasteiger partial charge < -0.3 is 14.9 Å². The van der Waals surface area contributed by atoms with Crippen molar-refractivity contribution in [3.8, 4) is 23.0 Å². The van der Waals surface area contributed by atoms with Crippen molar-refractivity contribution in [2.75, 3.05) is 0 Å². The van der Waals surface area contributed by atoms with Crippen molar-refractivity contribution in [2.45, 2.75) is 26.3 Å². The fraction of sp³-hybridized carbons (Fsp3) is 0.167. The van der Waals surface area contributed by atoms with E-state index in [4.69, 9.17) is 4.74 Å². The molecule has 2 N–H and O–H groups in total. The molecule has 6 nitrogen and oxygen atoms in total. The molecule has 1 atom stereocenters. The number of nitrogens with zero attached hydrogens (tertiary/aromatic N) is 2. The number of ether oxygens (including phenoxy) is 1. The lowest BCUT2D eigenvalue weighted by Gasteiger charge is -2.20. The molecular weight excluding hydrogens is 380 g/mol. The standard InChI is InChI=1S/C24H22N2O4/c1-15-3-8-19(9-4-15)30-20-10-5-17(6-11-20)21-14-22(26(25-21)16(2)27)18-7-12-23(28)24(29)13-18/h3-13,22,28-29H,14H2,1-2H3. The summed E-state index contributed by atoms with van der Waals surface area (Å²) in [6, 6.07) is 19.6. The summed E-state index contributed by atoms with van der Waals surface area (Å²) in [6.45, 7) is 3.48. The van der Waals surface area contributed by atoms with Crippen LogP contribution >= 0.6 is 0 Å². The van der Waals surface area contributed by atoms with E-state index < -0.39 is 0 Å². The number of phenolic OH excluding ortho intramolecular Hbond substituents is 2. The molecule has 1 unspecified atom stereocenters. The van der Waals surface area contributed by atoms with E-state index in [9.17, 15) is 15.0 Å². The molecule has 0 bridgehead atoms. The maximum atomic E-state index is 12.1. The van der Waals surface area contributed by atoms with Gasteiger partial charge in [0.05, 0.1) is 11.8 Å². The zero-order valence-electron chi connectivity index (χ0n) is 16.7. The smallest absolute Gasteiger partial charge is 0.240 e. The van der Waals surface area contributed by atoms with Crippen molar-refractivity contribution in [3.05, 3.63) is 83.4 Å². The van der Waals surface area contributed by atoms with Crippen LogP contribution in [0.25, 0.3) is 0 Å². The van der Waals surface area contributed by atoms with E-state index in [-0.39, 0.29) is 23.4 Å². The molecule has 0 fully saturated rings. The number of carbonyl (C=O) groups excluding carboxylic acids is 1. The van der Waals surface area contributed by atoms with Gasteiger partial charge in [0.1, 0.15) is 11.5 Å². The van der Waals surface area contributed by atoms with E-state index in [1.54, 1.807) is 6.07 Å². The highest BCUT2D eigenvalue weighted by molar-refractivity contribution is 6.03. The molecule has 0 aliphatic carbocycles. The normalized spacial score (nSPS) is 15.7. The van der Waals surface area contributed by atoms with E-state index in [1.165, 1.54) is 29.6 Å². The quantitative estimate of drug-likeness (QED) is 0.609. The number of carbonyl (C=O) groups is 1. The Morgan fingerprint density at radius 2 is 1.60 bits per heavy atom. The number of aryl methyl sites for hydroxylation is 1. The van der Waals surface area contributed by atoms with Crippen molar-refractivity contribution in [2.24, 2.45) is 5.10 Å². The fourth-order valence-electron chi connectivity index (χ4n) is 3.44. The minimum Gasteiger partial charge on any atom is -0.504 e. The van der Waals surface area contributed by atoms with Gasteiger partial charge in [-0.1, -0.05) is 23.8 Å². The molecule has 0 radical (unpaired) electrons. The van der Waals surface area contributed by atoms with Crippen LogP contribution in [0.2, 0.25) is 0 Å². The third kappa shape index (κ3) is 3.98. The summed E-state index contributed by atoms with van der Waals surface area (Å²) in [5.74, 6) is 0.867. The Hall–Kier alpha value is -3.80. The minimum absolute atomic E-state index is 0.193. The molecule has 1 amide bonds. The lowest BCUT2D eigenvalue weighted by molar-refractivity contribution is -0.130. The van der Waals surface area contributed by atoms with Crippen molar-refractivity contribution in [1.82, 2.24) is 5.01 Å². The van der Waals surface area contributed by atoms with Crippen molar-refractivity contribution in [1.29, 1.82) is 0 Å². The van der Waals surface area contributed by atoms with Gasteiger partial charge in [0.2, 0.25) is 5.91 Å². The van der Waals surface area contributed by atoms with Gasteiger partial charge in [-0.05, 0) is 66.6 Å². The highest BCUT2D eigenvalue weighted by atomic mass is 16.5. The van der Waals surface area contributed by atoms with Gasteiger partial charge >= 0.3 is 0 Å². The Balaban J connectivity index is 1.54. The molecule has 0 spiro atoms. The first-order valence-corrected chi connectivity index (χ1v) is 9.65.